The van der Waals surface area contributed by atoms with Crippen LogP contribution in [0.25, 0.3) is 0 Å². The molecule has 1 heterocycles. The molecule has 1 aliphatic heterocycles. The van der Waals surface area contributed by atoms with E-state index in [0.29, 0.717) is 6.42 Å². The highest BCUT2D eigenvalue weighted by atomic mass is 35.5. The summed E-state index contributed by atoms with van der Waals surface area (Å²) in [5.74, 6) is 0.708. The average Bonchev–Trinajstić information content (AvgIpc) is 2.96. The maximum atomic E-state index is 11.7. The third-order valence-electron chi connectivity index (χ3n) is 3.56. The molecular weight excluding hydrogens is 304 g/mol. The van der Waals surface area contributed by atoms with E-state index >= 15 is 0 Å². The second-order valence-corrected chi connectivity index (χ2v) is 5.58. The molecule has 124 valence electrons. The normalized spacial score (nSPS) is 18.4. The van der Waals surface area contributed by atoms with Crippen molar-refractivity contribution in [3.8, 4) is 5.75 Å². The largest absolute Gasteiger partial charge is 0.491 e. The number of amides is 1. The van der Waals surface area contributed by atoms with Crippen molar-refractivity contribution in [2.75, 3.05) is 19.7 Å². The van der Waals surface area contributed by atoms with Crippen LogP contribution in [0, 0.1) is 6.92 Å². The van der Waals surface area contributed by atoms with Gasteiger partial charge in [0.15, 0.2) is 0 Å². The van der Waals surface area contributed by atoms with Gasteiger partial charge in [0.25, 0.3) is 0 Å². The van der Waals surface area contributed by atoms with Crippen LogP contribution in [0.5, 0.6) is 5.75 Å². The number of carbonyl (C=O) groups is 1. The monoisotopic (exact) mass is 328 g/mol. The van der Waals surface area contributed by atoms with E-state index in [-0.39, 0.29) is 37.5 Å². The fourth-order valence-corrected chi connectivity index (χ4v) is 2.42. The summed E-state index contributed by atoms with van der Waals surface area (Å²) in [6.45, 7) is 3.37. The lowest BCUT2D eigenvalue weighted by molar-refractivity contribution is -0.122. The SMILES string of the molecule is Cc1cccc(OCC(O)CNC(=O)CC2CCCN2)c1.Cl. The van der Waals surface area contributed by atoms with Crippen LogP contribution in [0.1, 0.15) is 24.8 Å². The molecule has 0 bridgehead atoms. The number of rotatable bonds is 7. The lowest BCUT2D eigenvalue weighted by Crippen LogP contribution is -2.38. The maximum absolute atomic E-state index is 11.7. The Morgan fingerprint density at radius 1 is 1.55 bits per heavy atom. The molecule has 2 unspecified atom stereocenters. The Labute approximate surface area is 137 Å². The van der Waals surface area contributed by atoms with Crippen LogP contribution >= 0.6 is 12.4 Å². The summed E-state index contributed by atoms with van der Waals surface area (Å²) < 4.78 is 5.50. The number of aryl methyl sites for hydroxylation is 1. The molecule has 0 spiro atoms. The van der Waals surface area contributed by atoms with E-state index in [4.69, 9.17) is 4.74 Å². The highest BCUT2D eigenvalue weighted by Crippen LogP contribution is 2.12. The number of aliphatic hydroxyl groups is 1. The van der Waals surface area contributed by atoms with Gasteiger partial charge in [0, 0.05) is 19.0 Å². The summed E-state index contributed by atoms with van der Waals surface area (Å²) >= 11 is 0. The maximum Gasteiger partial charge on any atom is 0.221 e. The molecule has 1 saturated heterocycles. The van der Waals surface area contributed by atoms with E-state index < -0.39 is 6.10 Å². The predicted octanol–water partition coefficient (Wildman–Crippen LogP) is 1.41. The minimum atomic E-state index is -0.703. The first-order chi connectivity index (χ1) is 10.1. The summed E-state index contributed by atoms with van der Waals surface area (Å²) in [4.78, 5) is 11.7. The molecule has 1 aliphatic rings. The second kappa shape index (κ2) is 9.66. The van der Waals surface area contributed by atoms with E-state index in [2.05, 4.69) is 10.6 Å². The van der Waals surface area contributed by atoms with Crippen molar-refractivity contribution in [1.82, 2.24) is 10.6 Å². The van der Waals surface area contributed by atoms with Gasteiger partial charge in [-0.2, -0.15) is 0 Å². The second-order valence-electron chi connectivity index (χ2n) is 5.58. The Balaban J connectivity index is 0.00000242. The Morgan fingerprint density at radius 2 is 2.36 bits per heavy atom. The van der Waals surface area contributed by atoms with Gasteiger partial charge in [0.1, 0.15) is 18.5 Å². The van der Waals surface area contributed by atoms with Crippen LogP contribution in [-0.4, -0.2) is 42.9 Å². The molecule has 1 aromatic carbocycles. The Bertz CT molecular complexity index is 464. The molecule has 5 nitrogen and oxygen atoms in total. The predicted molar refractivity (Wildman–Crippen MR) is 88.6 cm³/mol. The zero-order chi connectivity index (χ0) is 15.1. The number of halogens is 1. The van der Waals surface area contributed by atoms with Crippen molar-refractivity contribution >= 4 is 18.3 Å². The van der Waals surface area contributed by atoms with Gasteiger partial charge in [0.2, 0.25) is 5.91 Å². The average molecular weight is 329 g/mol. The first-order valence-electron chi connectivity index (χ1n) is 7.51. The highest BCUT2D eigenvalue weighted by molar-refractivity contribution is 5.85. The molecular formula is C16H25ClN2O3. The van der Waals surface area contributed by atoms with Crippen LogP contribution in [0.2, 0.25) is 0 Å². The van der Waals surface area contributed by atoms with E-state index in [0.717, 1.165) is 30.7 Å². The third-order valence-corrected chi connectivity index (χ3v) is 3.56. The van der Waals surface area contributed by atoms with Gasteiger partial charge in [-0.05, 0) is 44.0 Å². The molecule has 22 heavy (non-hydrogen) atoms. The Morgan fingerprint density at radius 3 is 3.05 bits per heavy atom. The zero-order valence-corrected chi connectivity index (χ0v) is 13.7. The molecule has 2 atom stereocenters. The fraction of sp³-hybridized carbons (Fsp3) is 0.562. The van der Waals surface area contributed by atoms with Crippen LogP contribution < -0.4 is 15.4 Å². The van der Waals surface area contributed by atoms with Crippen molar-refractivity contribution in [2.45, 2.75) is 38.3 Å². The van der Waals surface area contributed by atoms with Gasteiger partial charge in [0.05, 0.1) is 0 Å². The fourth-order valence-electron chi connectivity index (χ4n) is 2.42. The molecule has 1 amide bonds. The Hall–Kier alpha value is -1.30. The van der Waals surface area contributed by atoms with Gasteiger partial charge < -0.3 is 20.5 Å². The molecule has 2 rings (SSSR count). The van der Waals surface area contributed by atoms with Crippen molar-refractivity contribution in [2.24, 2.45) is 0 Å². The summed E-state index contributed by atoms with van der Waals surface area (Å²) in [5, 5.41) is 15.9. The molecule has 0 radical (unpaired) electrons. The standard InChI is InChI=1S/C16H24N2O3.ClH/c1-12-4-2-6-15(8-12)21-11-14(19)10-18-16(20)9-13-5-3-7-17-13;/h2,4,6,8,13-14,17,19H,3,5,7,9-11H2,1H3,(H,18,20);1H. The lowest BCUT2D eigenvalue weighted by Gasteiger charge is -2.15. The van der Waals surface area contributed by atoms with Gasteiger partial charge >= 0.3 is 0 Å². The lowest BCUT2D eigenvalue weighted by atomic mass is 10.1. The first-order valence-corrected chi connectivity index (χ1v) is 7.51. The van der Waals surface area contributed by atoms with E-state index in [1.807, 2.05) is 31.2 Å². The van der Waals surface area contributed by atoms with Gasteiger partial charge in [-0.3, -0.25) is 4.79 Å². The molecule has 3 N–H and O–H groups in total. The van der Waals surface area contributed by atoms with Crippen LogP contribution in [0.4, 0.5) is 0 Å². The Kier molecular flexibility index (Phi) is 8.24. The van der Waals surface area contributed by atoms with Crippen LogP contribution in [0.15, 0.2) is 24.3 Å². The third kappa shape index (κ3) is 6.64. The minimum absolute atomic E-state index is 0. The van der Waals surface area contributed by atoms with E-state index in [1.54, 1.807) is 0 Å². The van der Waals surface area contributed by atoms with Crippen molar-refractivity contribution in [1.29, 1.82) is 0 Å². The van der Waals surface area contributed by atoms with Crippen LogP contribution in [0.3, 0.4) is 0 Å². The van der Waals surface area contributed by atoms with E-state index in [1.165, 1.54) is 0 Å². The van der Waals surface area contributed by atoms with Crippen molar-refractivity contribution in [3.05, 3.63) is 29.8 Å². The number of nitrogens with one attached hydrogen (secondary N) is 2. The number of hydrogen-bond acceptors (Lipinski definition) is 4. The molecule has 0 aromatic heterocycles. The van der Waals surface area contributed by atoms with Gasteiger partial charge in [-0.15, -0.1) is 12.4 Å². The molecule has 0 aliphatic carbocycles. The summed E-state index contributed by atoms with van der Waals surface area (Å²) in [7, 11) is 0. The highest BCUT2D eigenvalue weighted by Gasteiger charge is 2.18. The quantitative estimate of drug-likeness (QED) is 0.708. The van der Waals surface area contributed by atoms with E-state index in [9.17, 15) is 9.90 Å². The molecule has 1 aromatic rings. The smallest absolute Gasteiger partial charge is 0.221 e. The van der Waals surface area contributed by atoms with Gasteiger partial charge in [-0.1, -0.05) is 12.1 Å². The number of hydrogen-bond donors (Lipinski definition) is 3. The zero-order valence-electron chi connectivity index (χ0n) is 12.9. The number of ether oxygens (including phenoxy) is 1. The molecule has 6 heteroatoms. The first kappa shape index (κ1) is 18.7. The number of aliphatic hydroxyl groups excluding tert-OH is 1. The van der Waals surface area contributed by atoms with Crippen molar-refractivity contribution < 1.29 is 14.6 Å². The molecule has 1 fully saturated rings. The van der Waals surface area contributed by atoms with Gasteiger partial charge in [-0.25, -0.2) is 0 Å². The summed E-state index contributed by atoms with van der Waals surface area (Å²) in [6, 6.07) is 7.94. The summed E-state index contributed by atoms with van der Waals surface area (Å²) in [5.41, 5.74) is 1.11. The van der Waals surface area contributed by atoms with Crippen molar-refractivity contribution in [3.63, 3.8) is 0 Å². The minimum Gasteiger partial charge on any atom is -0.491 e. The number of carbonyl (C=O) groups excluding carboxylic acids is 1. The molecule has 0 saturated carbocycles. The summed E-state index contributed by atoms with van der Waals surface area (Å²) in [6.07, 6.45) is 1.95. The topological polar surface area (TPSA) is 70.6 Å². The van der Waals surface area contributed by atoms with Crippen LogP contribution in [-0.2, 0) is 4.79 Å². The number of benzene rings is 1.